The van der Waals surface area contributed by atoms with Crippen LogP contribution in [-0.4, -0.2) is 6.67 Å². The van der Waals surface area contributed by atoms with Gasteiger partial charge in [0.2, 0.25) is 0 Å². The Balaban J connectivity index is 2.40. The number of benzene rings is 1. The minimum Gasteiger partial charge on any atom is -0.251 e. The summed E-state index contributed by atoms with van der Waals surface area (Å²) in [6.07, 6.45) is 7.95. The van der Waals surface area contributed by atoms with Crippen LogP contribution in [0.5, 0.6) is 0 Å². The molecule has 0 amide bonds. The molecule has 0 fully saturated rings. The van der Waals surface area contributed by atoms with Crippen LogP contribution in [0.25, 0.3) is 0 Å². The molecule has 1 aromatic rings. The van der Waals surface area contributed by atoms with Gasteiger partial charge in [-0.2, -0.15) is 0 Å². The largest absolute Gasteiger partial charge is 0.251 e. The first-order chi connectivity index (χ1) is 9.17. The van der Waals surface area contributed by atoms with E-state index in [0.717, 1.165) is 12.3 Å². The maximum atomic E-state index is 12.2. The summed E-state index contributed by atoms with van der Waals surface area (Å²) in [4.78, 5) is 0. The van der Waals surface area contributed by atoms with Crippen molar-refractivity contribution in [3.63, 3.8) is 0 Å². The lowest BCUT2D eigenvalue weighted by Gasteiger charge is -2.11. The molecular formula is C18H29F. The van der Waals surface area contributed by atoms with Gasteiger partial charge in [0.1, 0.15) is 0 Å². The van der Waals surface area contributed by atoms with E-state index in [1.807, 2.05) is 0 Å². The molecule has 1 rings (SSSR count). The summed E-state index contributed by atoms with van der Waals surface area (Å²) < 4.78 is 12.2. The zero-order chi connectivity index (χ0) is 14.1. The van der Waals surface area contributed by atoms with E-state index in [9.17, 15) is 4.39 Å². The maximum Gasteiger partial charge on any atom is 0.0897 e. The fourth-order valence-corrected chi connectivity index (χ4v) is 2.74. The van der Waals surface area contributed by atoms with Gasteiger partial charge < -0.3 is 0 Å². The van der Waals surface area contributed by atoms with Crippen molar-refractivity contribution in [3.05, 3.63) is 34.9 Å². The first kappa shape index (κ1) is 16.2. The summed E-state index contributed by atoms with van der Waals surface area (Å²) >= 11 is 0. The van der Waals surface area contributed by atoms with Crippen LogP contribution in [0.4, 0.5) is 4.39 Å². The van der Waals surface area contributed by atoms with E-state index in [2.05, 4.69) is 39.0 Å². The van der Waals surface area contributed by atoms with E-state index in [0.29, 0.717) is 6.42 Å². The molecule has 0 spiro atoms. The Bertz CT molecular complexity index is 357. The molecule has 0 N–H and O–H groups in total. The van der Waals surface area contributed by atoms with Crippen molar-refractivity contribution in [1.29, 1.82) is 0 Å². The molecule has 0 aliphatic carbocycles. The molecule has 1 heteroatoms. The Morgan fingerprint density at radius 1 is 1.11 bits per heavy atom. The van der Waals surface area contributed by atoms with Gasteiger partial charge in [-0.25, -0.2) is 0 Å². The molecule has 0 saturated heterocycles. The molecule has 0 aliphatic heterocycles. The Morgan fingerprint density at radius 2 is 1.89 bits per heavy atom. The summed E-state index contributed by atoms with van der Waals surface area (Å²) in [6, 6.07) is 6.71. The van der Waals surface area contributed by atoms with Crippen molar-refractivity contribution >= 4 is 0 Å². The normalized spacial score (nSPS) is 12.6. The third-order valence-electron chi connectivity index (χ3n) is 3.93. The number of hydrogen-bond acceptors (Lipinski definition) is 0. The highest BCUT2D eigenvalue weighted by atomic mass is 19.1. The van der Waals surface area contributed by atoms with Crippen LogP contribution in [0.1, 0.15) is 62.6 Å². The third kappa shape index (κ3) is 6.22. The molecule has 0 heterocycles. The molecular weight excluding hydrogens is 235 g/mol. The topological polar surface area (TPSA) is 0 Å². The molecule has 0 aliphatic rings. The van der Waals surface area contributed by atoms with Gasteiger partial charge in [0.15, 0.2) is 0 Å². The molecule has 1 aromatic carbocycles. The van der Waals surface area contributed by atoms with E-state index >= 15 is 0 Å². The summed E-state index contributed by atoms with van der Waals surface area (Å²) in [7, 11) is 0. The van der Waals surface area contributed by atoms with Crippen molar-refractivity contribution in [2.45, 2.75) is 65.7 Å². The van der Waals surface area contributed by atoms with Crippen LogP contribution in [0.2, 0.25) is 0 Å². The highest BCUT2D eigenvalue weighted by molar-refractivity contribution is 5.31. The van der Waals surface area contributed by atoms with E-state index in [1.165, 1.54) is 48.8 Å². The minimum absolute atomic E-state index is 0.212. The van der Waals surface area contributed by atoms with Gasteiger partial charge in [0, 0.05) is 0 Å². The summed E-state index contributed by atoms with van der Waals surface area (Å²) in [5.74, 6) is 0.856. The van der Waals surface area contributed by atoms with Crippen LogP contribution in [0.3, 0.4) is 0 Å². The average molecular weight is 264 g/mol. The van der Waals surface area contributed by atoms with Crippen LogP contribution < -0.4 is 0 Å². The summed E-state index contributed by atoms with van der Waals surface area (Å²) in [5.41, 5.74) is 4.07. The van der Waals surface area contributed by atoms with Gasteiger partial charge in [0.05, 0.1) is 6.67 Å². The lowest BCUT2D eigenvalue weighted by atomic mass is 9.95. The highest BCUT2D eigenvalue weighted by Crippen LogP contribution is 2.18. The van der Waals surface area contributed by atoms with Crippen molar-refractivity contribution < 1.29 is 4.39 Å². The van der Waals surface area contributed by atoms with E-state index < -0.39 is 0 Å². The van der Waals surface area contributed by atoms with Crippen LogP contribution >= 0.6 is 0 Å². The SMILES string of the molecule is CCCC(C)CCCc1ccc(CCCF)c(C)c1. The Kier molecular flexibility index (Phi) is 7.78. The Morgan fingerprint density at radius 3 is 2.53 bits per heavy atom. The summed E-state index contributed by atoms with van der Waals surface area (Å²) in [6.45, 7) is 6.55. The van der Waals surface area contributed by atoms with Crippen LogP contribution in [0, 0.1) is 12.8 Å². The lowest BCUT2D eigenvalue weighted by Crippen LogP contribution is -1.97. The Hall–Kier alpha value is -0.850. The van der Waals surface area contributed by atoms with E-state index in [1.54, 1.807) is 0 Å². The number of alkyl halides is 1. The highest BCUT2D eigenvalue weighted by Gasteiger charge is 2.03. The van der Waals surface area contributed by atoms with Crippen molar-refractivity contribution in [2.24, 2.45) is 5.92 Å². The van der Waals surface area contributed by atoms with Gasteiger partial charge >= 0.3 is 0 Å². The fourth-order valence-electron chi connectivity index (χ4n) is 2.74. The van der Waals surface area contributed by atoms with Gasteiger partial charge in [-0.1, -0.05) is 51.3 Å². The van der Waals surface area contributed by atoms with Gasteiger partial charge in [-0.3, -0.25) is 4.39 Å². The quantitative estimate of drug-likeness (QED) is 0.540. The zero-order valence-corrected chi connectivity index (χ0v) is 12.8. The molecule has 0 radical (unpaired) electrons. The van der Waals surface area contributed by atoms with Gasteiger partial charge in [-0.15, -0.1) is 0 Å². The first-order valence-electron chi connectivity index (χ1n) is 7.81. The molecule has 0 bridgehead atoms. The second-order valence-electron chi connectivity index (χ2n) is 5.84. The molecule has 0 saturated carbocycles. The second kappa shape index (κ2) is 9.12. The molecule has 1 atom stereocenters. The van der Waals surface area contributed by atoms with Gasteiger partial charge in [-0.05, 0) is 55.2 Å². The smallest absolute Gasteiger partial charge is 0.0897 e. The molecule has 1 unspecified atom stereocenters. The molecule has 108 valence electrons. The molecule has 19 heavy (non-hydrogen) atoms. The molecule has 0 nitrogen and oxygen atoms in total. The van der Waals surface area contributed by atoms with Crippen molar-refractivity contribution in [2.75, 3.05) is 6.67 Å². The van der Waals surface area contributed by atoms with Crippen molar-refractivity contribution in [1.82, 2.24) is 0 Å². The fraction of sp³-hybridized carbons (Fsp3) is 0.667. The predicted octanol–water partition coefficient (Wildman–Crippen LogP) is 5.66. The maximum absolute atomic E-state index is 12.2. The molecule has 0 aromatic heterocycles. The number of halogens is 1. The van der Waals surface area contributed by atoms with Crippen molar-refractivity contribution in [3.8, 4) is 0 Å². The minimum atomic E-state index is -0.212. The second-order valence-corrected chi connectivity index (χ2v) is 5.84. The standard InChI is InChI=1S/C18H29F/c1-4-7-15(2)8-5-9-17-11-12-18(10-6-13-19)16(3)14-17/h11-12,14-15H,4-10,13H2,1-3H3. The van der Waals surface area contributed by atoms with Gasteiger partial charge in [0.25, 0.3) is 0 Å². The van der Waals surface area contributed by atoms with E-state index in [-0.39, 0.29) is 6.67 Å². The third-order valence-corrected chi connectivity index (χ3v) is 3.93. The Labute approximate surface area is 118 Å². The first-order valence-corrected chi connectivity index (χ1v) is 7.81. The zero-order valence-electron chi connectivity index (χ0n) is 12.8. The number of rotatable bonds is 9. The average Bonchev–Trinajstić information content (AvgIpc) is 2.38. The number of aryl methyl sites for hydroxylation is 3. The number of hydrogen-bond donors (Lipinski definition) is 0. The van der Waals surface area contributed by atoms with E-state index in [4.69, 9.17) is 0 Å². The summed E-state index contributed by atoms with van der Waals surface area (Å²) in [5, 5.41) is 0. The lowest BCUT2D eigenvalue weighted by molar-refractivity contribution is 0.469. The van der Waals surface area contributed by atoms with Crippen LogP contribution in [-0.2, 0) is 12.8 Å². The van der Waals surface area contributed by atoms with Crippen LogP contribution in [0.15, 0.2) is 18.2 Å². The predicted molar refractivity (Wildman–Crippen MR) is 82.5 cm³/mol. The monoisotopic (exact) mass is 264 g/mol.